The zero-order chi connectivity index (χ0) is 15.4. The van der Waals surface area contributed by atoms with Crippen molar-refractivity contribution in [3.8, 4) is 11.3 Å². The SMILES string of the molecule is CCCc1nc(-c2cccc(CC(C)C)c2)c(C)c(=O)[nH]1. The van der Waals surface area contributed by atoms with E-state index in [4.69, 9.17) is 0 Å². The highest BCUT2D eigenvalue weighted by Gasteiger charge is 2.10. The molecule has 2 aromatic rings. The molecule has 0 aliphatic rings. The smallest absolute Gasteiger partial charge is 0.254 e. The van der Waals surface area contributed by atoms with E-state index in [1.165, 1.54) is 5.56 Å². The van der Waals surface area contributed by atoms with E-state index < -0.39 is 0 Å². The molecule has 0 saturated carbocycles. The molecule has 0 atom stereocenters. The summed E-state index contributed by atoms with van der Waals surface area (Å²) < 4.78 is 0. The lowest BCUT2D eigenvalue weighted by Crippen LogP contribution is -2.16. The van der Waals surface area contributed by atoms with Crippen LogP contribution < -0.4 is 5.56 Å². The molecule has 0 aliphatic carbocycles. The summed E-state index contributed by atoms with van der Waals surface area (Å²) >= 11 is 0. The molecule has 0 amide bonds. The maximum atomic E-state index is 12.1. The van der Waals surface area contributed by atoms with Gasteiger partial charge in [-0.05, 0) is 37.3 Å². The predicted molar refractivity (Wildman–Crippen MR) is 87.6 cm³/mol. The van der Waals surface area contributed by atoms with Gasteiger partial charge < -0.3 is 4.98 Å². The summed E-state index contributed by atoms with van der Waals surface area (Å²) in [6.45, 7) is 8.35. The quantitative estimate of drug-likeness (QED) is 0.905. The Hall–Kier alpha value is -1.90. The van der Waals surface area contributed by atoms with E-state index in [9.17, 15) is 4.79 Å². The van der Waals surface area contributed by atoms with E-state index in [0.29, 0.717) is 11.5 Å². The molecular weight excluding hydrogens is 260 g/mol. The lowest BCUT2D eigenvalue weighted by Gasteiger charge is -2.10. The van der Waals surface area contributed by atoms with Crippen molar-refractivity contribution in [1.82, 2.24) is 9.97 Å². The van der Waals surface area contributed by atoms with Crippen LogP contribution in [0, 0.1) is 12.8 Å². The third-order valence-corrected chi connectivity index (χ3v) is 3.53. The molecule has 1 aromatic heterocycles. The first-order valence-electron chi connectivity index (χ1n) is 7.70. The van der Waals surface area contributed by atoms with Crippen LogP contribution >= 0.6 is 0 Å². The van der Waals surface area contributed by atoms with Gasteiger partial charge in [0.15, 0.2) is 0 Å². The van der Waals surface area contributed by atoms with Crippen molar-refractivity contribution in [1.29, 1.82) is 0 Å². The maximum absolute atomic E-state index is 12.1. The van der Waals surface area contributed by atoms with E-state index in [2.05, 4.69) is 48.9 Å². The van der Waals surface area contributed by atoms with Crippen LogP contribution in [0.2, 0.25) is 0 Å². The Balaban J connectivity index is 2.48. The van der Waals surface area contributed by atoms with Gasteiger partial charge in [0.25, 0.3) is 5.56 Å². The number of aryl methyl sites for hydroxylation is 1. The van der Waals surface area contributed by atoms with Gasteiger partial charge in [-0.3, -0.25) is 4.79 Å². The van der Waals surface area contributed by atoms with Crippen LogP contribution in [0.1, 0.15) is 44.1 Å². The van der Waals surface area contributed by atoms with Crippen molar-refractivity contribution in [3.63, 3.8) is 0 Å². The third kappa shape index (κ3) is 3.81. The van der Waals surface area contributed by atoms with Gasteiger partial charge in [0.2, 0.25) is 0 Å². The average molecular weight is 284 g/mol. The Morgan fingerprint density at radius 3 is 2.71 bits per heavy atom. The Bertz CT molecular complexity index is 671. The van der Waals surface area contributed by atoms with Gasteiger partial charge in [-0.2, -0.15) is 0 Å². The number of rotatable bonds is 5. The molecule has 0 unspecified atom stereocenters. The maximum Gasteiger partial charge on any atom is 0.254 e. The van der Waals surface area contributed by atoms with Gasteiger partial charge in [0.05, 0.1) is 5.69 Å². The molecule has 3 heteroatoms. The third-order valence-electron chi connectivity index (χ3n) is 3.53. The fraction of sp³-hybridized carbons (Fsp3) is 0.444. The Kier molecular flexibility index (Phi) is 4.94. The van der Waals surface area contributed by atoms with Crippen LogP contribution in [-0.2, 0) is 12.8 Å². The highest BCUT2D eigenvalue weighted by atomic mass is 16.1. The minimum absolute atomic E-state index is 0.0299. The number of H-pyrrole nitrogens is 1. The number of benzene rings is 1. The van der Waals surface area contributed by atoms with Crippen LogP contribution in [0.5, 0.6) is 0 Å². The number of aromatic amines is 1. The summed E-state index contributed by atoms with van der Waals surface area (Å²) in [5.41, 5.74) is 3.80. The standard InChI is InChI=1S/C18H24N2O/c1-5-7-16-19-17(13(4)18(21)20-16)15-9-6-8-14(11-15)10-12(2)3/h6,8-9,11-12H,5,7,10H2,1-4H3,(H,19,20,21). The predicted octanol–water partition coefficient (Wildman–Crippen LogP) is 3.90. The Labute approximate surface area is 126 Å². The summed E-state index contributed by atoms with van der Waals surface area (Å²) in [6.07, 6.45) is 2.81. The molecule has 0 radical (unpaired) electrons. The van der Waals surface area contributed by atoms with Crippen LogP contribution in [-0.4, -0.2) is 9.97 Å². The molecule has 3 nitrogen and oxygen atoms in total. The van der Waals surface area contributed by atoms with Gasteiger partial charge in [0.1, 0.15) is 5.82 Å². The summed E-state index contributed by atoms with van der Waals surface area (Å²) in [6, 6.07) is 8.38. The van der Waals surface area contributed by atoms with E-state index in [1.54, 1.807) is 0 Å². The number of hydrogen-bond acceptors (Lipinski definition) is 2. The Morgan fingerprint density at radius 1 is 1.29 bits per heavy atom. The lowest BCUT2D eigenvalue weighted by atomic mass is 9.99. The van der Waals surface area contributed by atoms with Gasteiger partial charge in [-0.1, -0.05) is 39.0 Å². The second-order valence-electron chi connectivity index (χ2n) is 6.03. The molecule has 0 spiro atoms. The molecule has 0 aliphatic heterocycles. The molecular formula is C18H24N2O. The van der Waals surface area contributed by atoms with Crippen LogP contribution in [0.25, 0.3) is 11.3 Å². The van der Waals surface area contributed by atoms with Crippen LogP contribution in [0.3, 0.4) is 0 Å². The van der Waals surface area contributed by atoms with Crippen LogP contribution in [0.15, 0.2) is 29.1 Å². The van der Waals surface area contributed by atoms with Crippen molar-refractivity contribution in [2.75, 3.05) is 0 Å². The van der Waals surface area contributed by atoms with Crippen molar-refractivity contribution in [2.45, 2.75) is 47.0 Å². The summed E-state index contributed by atoms with van der Waals surface area (Å²) in [4.78, 5) is 19.6. The van der Waals surface area contributed by atoms with Gasteiger partial charge in [-0.15, -0.1) is 0 Å². The fourth-order valence-electron chi connectivity index (χ4n) is 2.53. The molecule has 0 bridgehead atoms. The summed E-state index contributed by atoms with van der Waals surface area (Å²) in [5.74, 6) is 1.39. The summed E-state index contributed by atoms with van der Waals surface area (Å²) in [7, 11) is 0. The molecule has 1 heterocycles. The molecule has 1 N–H and O–H groups in total. The highest BCUT2D eigenvalue weighted by molar-refractivity contribution is 5.63. The molecule has 112 valence electrons. The van der Waals surface area contributed by atoms with Gasteiger partial charge >= 0.3 is 0 Å². The normalized spacial score (nSPS) is 11.1. The first kappa shape index (κ1) is 15.5. The minimum Gasteiger partial charge on any atom is -0.310 e. The van der Waals surface area contributed by atoms with E-state index in [0.717, 1.165) is 36.3 Å². The topological polar surface area (TPSA) is 45.8 Å². The van der Waals surface area contributed by atoms with E-state index in [1.807, 2.05) is 13.0 Å². The molecule has 0 fully saturated rings. The summed E-state index contributed by atoms with van der Waals surface area (Å²) in [5, 5.41) is 0. The molecule has 0 saturated heterocycles. The largest absolute Gasteiger partial charge is 0.310 e. The average Bonchev–Trinajstić information content (AvgIpc) is 2.42. The molecule has 21 heavy (non-hydrogen) atoms. The number of nitrogens with zero attached hydrogens (tertiary/aromatic N) is 1. The van der Waals surface area contributed by atoms with E-state index >= 15 is 0 Å². The zero-order valence-electron chi connectivity index (χ0n) is 13.4. The number of aromatic nitrogens is 2. The minimum atomic E-state index is -0.0299. The fourth-order valence-corrected chi connectivity index (χ4v) is 2.53. The van der Waals surface area contributed by atoms with Crippen molar-refractivity contribution >= 4 is 0 Å². The number of nitrogens with one attached hydrogen (secondary N) is 1. The monoisotopic (exact) mass is 284 g/mol. The van der Waals surface area contributed by atoms with Crippen molar-refractivity contribution in [2.24, 2.45) is 5.92 Å². The second-order valence-corrected chi connectivity index (χ2v) is 6.03. The highest BCUT2D eigenvalue weighted by Crippen LogP contribution is 2.21. The molecule has 1 aromatic carbocycles. The van der Waals surface area contributed by atoms with Gasteiger partial charge in [0, 0.05) is 17.5 Å². The van der Waals surface area contributed by atoms with Crippen molar-refractivity contribution < 1.29 is 0 Å². The van der Waals surface area contributed by atoms with Gasteiger partial charge in [-0.25, -0.2) is 4.98 Å². The first-order chi connectivity index (χ1) is 10.0. The molecule has 2 rings (SSSR count). The first-order valence-corrected chi connectivity index (χ1v) is 7.70. The lowest BCUT2D eigenvalue weighted by molar-refractivity contribution is 0.647. The zero-order valence-corrected chi connectivity index (χ0v) is 13.4. The Morgan fingerprint density at radius 2 is 2.05 bits per heavy atom. The van der Waals surface area contributed by atoms with Crippen molar-refractivity contribution in [3.05, 3.63) is 51.6 Å². The van der Waals surface area contributed by atoms with Crippen LogP contribution in [0.4, 0.5) is 0 Å². The number of hydrogen-bond donors (Lipinski definition) is 1. The second kappa shape index (κ2) is 6.70. The van der Waals surface area contributed by atoms with E-state index in [-0.39, 0.29) is 5.56 Å².